The Morgan fingerprint density at radius 1 is 1.15 bits per heavy atom. The fraction of sp³-hybridized carbons (Fsp3) is 0.583. The van der Waals surface area contributed by atoms with E-state index in [1.165, 1.54) is 22.4 Å². The third-order valence-corrected chi connectivity index (χ3v) is 7.11. The lowest BCUT2D eigenvalue weighted by atomic mass is 9.68. The van der Waals surface area contributed by atoms with Gasteiger partial charge >= 0.3 is 0 Å². The quantitative estimate of drug-likeness (QED) is 0.702. The molecule has 0 spiro atoms. The van der Waals surface area contributed by atoms with E-state index < -0.39 is 5.60 Å². The van der Waals surface area contributed by atoms with Gasteiger partial charge in [0, 0.05) is 23.3 Å². The first-order valence-corrected chi connectivity index (χ1v) is 11.1. The van der Waals surface area contributed by atoms with Crippen LogP contribution in [0.4, 0.5) is 0 Å². The van der Waals surface area contributed by atoms with E-state index in [4.69, 9.17) is 0 Å². The van der Waals surface area contributed by atoms with Gasteiger partial charge in [0.1, 0.15) is 0 Å². The standard InChI is InChI=1S/C24H35NOS/c1-23(2,3)19-13-11-18(12-14-19)17-24(26)15-7-6-9-20(24)22(25(4)5)21-10-8-16-27-21/h8,10-14,16,20,22,26H,6-7,9,15,17H2,1-5H3. The molecule has 1 fully saturated rings. The number of benzene rings is 1. The molecule has 3 atom stereocenters. The highest BCUT2D eigenvalue weighted by atomic mass is 32.1. The van der Waals surface area contributed by atoms with Gasteiger partial charge in [0.05, 0.1) is 5.60 Å². The maximum Gasteiger partial charge on any atom is 0.0734 e. The maximum atomic E-state index is 11.8. The molecule has 1 aromatic heterocycles. The zero-order valence-electron chi connectivity index (χ0n) is 17.5. The highest BCUT2D eigenvalue weighted by Gasteiger charge is 2.44. The molecular weight excluding hydrogens is 350 g/mol. The smallest absolute Gasteiger partial charge is 0.0734 e. The van der Waals surface area contributed by atoms with Gasteiger partial charge in [-0.1, -0.05) is 63.9 Å². The predicted molar refractivity (Wildman–Crippen MR) is 117 cm³/mol. The van der Waals surface area contributed by atoms with Gasteiger partial charge in [-0.05, 0) is 54.9 Å². The minimum atomic E-state index is -0.638. The molecule has 0 bridgehead atoms. The normalized spacial score (nSPS) is 24.9. The Morgan fingerprint density at radius 2 is 1.85 bits per heavy atom. The molecule has 148 valence electrons. The highest BCUT2D eigenvalue weighted by molar-refractivity contribution is 7.10. The number of rotatable bonds is 5. The van der Waals surface area contributed by atoms with E-state index in [-0.39, 0.29) is 17.4 Å². The summed E-state index contributed by atoms with van der Waals surface area (Å²) in [5.41, 5.74) is 2.13. The van der Waals surface area contributed by atoms with E-state index in [1.807, 2.05) is 11.3 Å². The van der Waals surface area contributed by atoms with E-state index in [2.05, 4.69) is 81.5 Å². The fourth-order valence-corrected chi connectivity index (χ4v) is 5.65. The highest BCUT2D eigenvalue weighted by Crippen LogP contribution is 2.46. The summed E-state index contributed by atoms with van der Waals surface area (Å²) in [6.45, 7) is 6.74. The number of hydrogen-bond donors (Lipinski definition) is 1. The maximum absolute atomic E-state index is 11.8. The first kappa shape index (κ1) is 20.6. The van der Waals surface area contributed by atoms with Crippen molar-refractivity contribution < 1.29 is 5.11 Å². The van der Waals surface area contributed by atoms with Gasteiger partial charge in [-0.25, -0.2) is 0 Å². The number of aliphatic hydroxyl groups is 1. The summed E-state index contributed by atoms with van der Waals surface area (Å²) in [7, 11) is 4.30. The zero-order chi connectivity index (χ0) is 19.7. The average Bonchev–Trinajstić information content (AvgIpc) is 3.10. The van der Waals surface area contributed by atoms with Crippen LogP contribution in [0, 0.1) is 5.92 Å². The number of hydrogen-bond acceptors (Lipinski definition) is 3. The van der Waals surface area contributed by atoms with Crippen LogP contribution in [0.2, 0.25) is 0 Å². The van der Waals surface area contributed by atoms with Crippen LogP contribution in [-0.4, -0.2) is 29.7 Å². The Balaban J connectivity index is 1.86. The van der Waals surface area contributed by atoms with Crippen molar-refractivity contribution in [2.45, 2.75) is 69.9 Å². The van der Waals surface area contributed by atoms with E-state index in [9.17, 15) is 5.11 Å². The molecule has 2 aromatic rings. The lowest BCUT2D eigenvalue weighted by Gasteiger charge is -2.46. The van der Waals surface area contributed by atoms with Crippen molar-refractivity contribution in [2.75, 3.05) is 14.1 Å². The van der Waals surface area contributed by atoms with Gasteiger partial charge < -0.3 is 10.0 Å². The minimum Gasteiger partial charge on any atom is -0.389 e. The van der Waals surface area contributed by atoms with Crippen molar-refractivity contribution in [3.8, 4) is 0 Å². The van der Waals surface area contributed by atoms with Gasteiger partial charge in [0.25, 0.3) is 0 Å². The van der Waals surface area contributed by atoms with Gasteiger partial charge in [-0.15, -0.1) is 11.3 Å². The molecule has 3 heteroatoms. The average molecular weight is 386 g/mol. The van der Waals surface area contributed by atoms with Crippen LogP contribution in [-0.2, 0) is 11.8 Å². The van der Waals surface area contributed by atoms with E-state index in [0.29, 0.717) is 0 Å². The molecule has 1 heterocycles. The topological polar surface area (TPSA) is 23.5 Å². The molecule has 0 amide bonds. The third kappa shape index (κ3) is 4.64. The molecule has 0 radical (unpaired) electrons. The lowest BCUT2D eigenvalue weighted by molar-refractivity contribution is -0.0764. The van der Waals surface area contributed by atoms with Crippen LogP contribution in [0.3, 0.4) is 0 Å². The molecule has 1 aliphatic carbocycles. The molecule has 3 unspecified atom stereocenters. The van der Waals surface area contributed by atoms with Crippen molar-refractivity contribution in [3.63, 3.8) is 0 Å². The molecule has 1 aromatic carbocycles. The summed E-state index contributed by atoms with van der Waals surface area (Å²) >= 11 is 1.81. The second-order valence-corrected chi connectivity index (χ2v) is 10.5. The second-order valence-electron chi connectivity index (χ2n) is 9.50. The third-order valence-electron chi connectivity index (χ3n) is 6.17. The molecule has 27 heavy (non-hydrogen) atoms. The van der Waals surface area contributed by atoms with Crippen LogP contribution in [0.1, 0.15) is 68.5 Å². The largest absolute Gasteiger partial charge is 0.389 e. The van der Waals surface area contributed by atoms with Gasteiger partial charge in [0.15, 0.2) is 0 Å². The SMILES string of the molecule is CN(C)C(c1cccs1)C1CCCCC1(O)Cc1ccc(C(C)(C)C)cc1. The fourth-order valence-electron chi connectivity index (χ4n) is 4.67. The Bertz CT molecular complexity index is 714. The molecule has 2 nitrogen and oxygen atoms in total. The predicted octanol–water partition coefficient (Wildman–Crippen LogP) is 5.81. The first-order valence-electron chi connectivity index (χ1n) is 10.2. The summed E-state index contributed by atoms with van der Waals surface area (Å²) in [5.74, 6) is 0.266. The molecule has 1 saturated carbocycles. The van der Waals surface area contributed by atoms with Crippen molar-refractivity contribution in [1.82, 2.24) is 4.90 Å². The molecule has 1 N–H and O–H groups in total. The van der Waals surface area contributed by atoms with E-state index in [0.717, 1.165) is 25.7 Å². The second kappa shape index (κ2) is 8.06. The van der Waals surface area contributed by atoms with E-state index in [1.54, 1.807) is 0 Å². The Kier molecular flexibility index (Phi) is 6.14. The number of thiophene rings is 1. The zero-order valence-corrected chi connectivity index (χ0v) is 18.4. The molecule has 0 saturated heterocycles. The minimum absolute atomic E-state index is 0.165. The lowest BCUT2D eigenvalue weighted by Crippen LogP contribution is -2.48. The van der Waals surface area contributed by atoms with Crippen LogP contribution in [0.5, 0.6) is 0 Å². The Hall–Kier alpha value is -1.16. The van der Waals surface area contributed by atoms with Crippen LogP contribution < -0.4 is 0 Å². The summed E-state index contributed by atoms with van der Waals surface area (Å²) in [4.78, 5) is 3.67. The van der Waals surface area contributed by atoms with Crippen molar-refractivity contribution in [3.05, 3.63) is 57.8 Å². The van der Waals surface area contributed by atoms with Crippen molar-refractivity contribution in [1.29, 1.82) is 0 Å². The van der Waals surface area contributed by atoms with Gasteiger partial charge in [-0.3, -0.25) is 0 Å². The monoisotopic (exact) mass is 385 g/mol. The van der Waals surface area contributed by atoms with Crippen molar-refractivity contribution >= 4 is 11.3 Å². The molecular formula is C24H35NOS. The summed E-state index contributed by atoms with van der Waals surface area (Å²) in [6.07, 6.45) is 5.08. The Labute approximate surface area is 169 Å². The number of nitrogens with zero attached hydrogens (tertiary/aromatic N) is 1. The van der Waals surface area contributed by atoms with Crippen LogP contribution in [0.15, 0.2) is 41.8 Å². The molecule has 0 aliphatic heterocycles. The van der Waals surface area contributed by atoms with E-state index >= 15 is 0 Å². The summed E-state index contributed by atoms with van der Waals surface area (Å²) < 4.78 is 0. The summed E-state index contributed by atoms with van der Waals surface area (Å²) in [6, 6.07) is 13.6. The first-order chi connectivity index (χ1) is 12.7. The van der Waals surface area contributed by atoms with Gasteiger partial charge in [0.2, 0.25) is 0 Å². The van der Waals surface area contributed by atoms with Gasteiger partial charge in [-0.2, -0.15) is 0 Å². The molecule has 1 aliphatic rings. The summed E-state index contributed by atoms with van der Waals surface area (Å²) in [5, 5.41) is 14.0. The Morgan fingerprint density at radius 3 is 2.41 bits per heavy atom. The van der Waals surface area contributed by atoms with Crippen LogP contribution >= 0.6 is 11.3 Å². The van der Waals surface area contributed by atoms with Crippen molar-refractivity contribution in [2.24, 2.45) is 5.92 Å². The molecule has 3 rings (SSSR count). The van der Waals surface area contributed by atoms with Crippen LogP contribution in [0.25, 0.3) is 0 Å².